The van der Waals surface area contributed by atoms with Gasteiger partial charge in [0.2, 0.25) is 0 Å². The molecular formula is C20H19N4O4SY-. The van der Waals surface area contributed by atoms with Crippen LogP contribution < -0.4 is 10.5 Å². The molecule has 153 valence electrons. The predicted molar refractivity (Wildman–Crippen MR) is 110 cm³/mol. The summed E-state index contributed by atoms with van der Waals surface area (Å²) in [5, 5.41) is 2.49. The third-order valence-electron chi connectivity index (χ3n) is 4.80. The minimum Gasteiger partial charge on any atom is -0.462 e. The SMILES string of the molecule is CCOC(=O)c1c(N2CCN(C(=O)c3cccs3)CC2)c2c[c-]cnc2[nH]c1=O.[Y]. The Hall–Kier alpha value is -2.10. The summed E-state index contributed by atoms with van der Waals surface area (Å²) in [7, 11) is 0. The van der Waals surface area contributed by atoms with Gasteiger partial charge in [-0.15, -0.1) is 16.7 Å². The molecule has 4 heterocycles. The van der Waals surface area contributed by atoms with E-state index >= 15 is 0 Å². The number of carbonyl (C=O) groups is 2. The van der Waals surface area contributed by atoms with Crippen molar-refractivity contribution in [2.45, 2.75) is 6.92 Å². The van der Waals surface area contributed by atoms with Crippen LogP contribution in [-0.2, 0) is 37.4 Å². The summed E-state index contributed by atoms with van der Waals surface area (Å²) in [6, 6.07) is 8.26. The molecule has 10 heteroatoms. The fourth-order valence-corrected chi connectivity index (χ4v) is 4.15. The number of hydrogen-bond donors (Lipinski definition) is 1. The second-order valence-corrected chi connectivity index (χ2v) is 7.43. The topological polar surface area (TPSA) is 95.6 Å². The zero-order valence-corrected chi connectivity index (χ0v) is 20.0. The van der Waals surface area contributed by atoms with Crippen LogP contribution in [0.4, 0.5) is 5.69 Å². The number of hydrogen-bond acceptors (Lipinski definition) is 7. The molecule has 8 nitrogen and oxygen atoms in total. The number of thiophene rings is 1. The molecule has 4 rings (SSSR count). The van der Waals surface area contributed by atoms with Crippen LogP contribution in [0.5, 0.6) is 0 Å². The van der Waals surface area contributed by atoms with Crippen LogP contribution in [0, 0.1) is 6.07 Å². The summed E-state index contributed by atoms with van der Waals surface area (Å²) in [4.78, 5) is 49.0. The number of nitrogens with zero attached hydrogens (tertiary/aromatic N) is 3. The molecule has 1 fully saturated rings. The molecule has 30 heavy (non-hydrogen) atoms. The number of fused-ring (bicyclic) bond motifs is 1. The van der Waals surface area contributed by atoms with E-state index in [0.717, 1.165) is 0 Å². The van der Waals surface area contributed by atoms with Gasteiger partial charge in [0.1, 0.15) is 5.56 Å². The van der Waals surface area contributed by atoms with Gasteiger partial charge in [-0.1, -0.05) is 12.3 Å². The van der Waals surface area contributed by atoms with Crippen LogP contribution in [0.1, 0.15) is 27.0 Å². The van der Waals surface area contributed by atoms with E-state index in [9.17, 15) is 14.4 Å². The number of esters is 1. The van der Waals surface area contributed by atoms with Crippen molar-refractivity contribution in [1.29, 1.82) is 0 Å². The Labute approximate surface area is 202 Å². The number of H-pyrrole nitrogens is 1. The van der Waals surface area contributed by atoms with Gasteiger partial charge in [0.05, 0.1) is 17.1 Å². The minimum atomic E-state index is -0.674. The second kappa shape index (κ2) is 9.81. The van der Waals surface area contributed by atoms with Gasteiger partial charge in [-0.05, 0) is 24.1 Å². The number of amides is 1. The first-order chi connectivity index (χ1) is 14.1. The van der Waals surface area contributed by atoms with Crippen LogP contribution in [0.15, 0.2) is 34.6 Å². The Bertz CT molecular complexity index is 1110. The molecule has 0 saturated carbocycles. The van der Waals surface area contributed by atoms with Gasteiger partial charge in [0.15, 0.2) is 0 Å². The van der Waals surface area contributed by atoms with Crippen molar-refractivity contribution in [3.63, 3.8) is 0 Å². The molecule has 1 amide bonds. The van der Waals surface area contributed by atoms with Crippen molar-refractivity contribution >= 4 is 39.9 Å². The van der Waals surface area contributed by atoms with Crippen LogP contribution >= 0.6 is 11.3 Å². The maximum atomic E-state index is 12.6. The Morgan fingerprint density at radius 3 is 2.73 bits per heavy atom. The Morgan fingerprint density at radius 2 is 2.07 bits per heavy atom. The second-order valence-electron chi connectivity index (χ2n) is 6.49. The van der Waals surface area contributed by atoms with E-state index in [1.165, 1.54) is 17.5 Å². The minimum absolute atomic E-state index is 0. The van der Waals surface area contributed by atoms with Crippen molar-refractivity contribution in [1.82, 2.24) is 14.9 Å². The van der Waals surface area contributed by atoms with E-state index in [-0.39, 0.29) is 50.8 Å². The Balaban J connectivity index is 0.00000256. The molecule has 0 unspecified atom stereocenters. The van der Waals surface area contributed by atoms with Gasteiger partial charge in [-0.3, -0.25) is 14.6 Å². The maximum absolute atomic E-state index is 12.6. The molecule has 0 spiro atoms. The normalized spacial score (nSPS) is 13.8. The van der Waals surface area contributed by atoms with E-state index < -0.39 is 11.5 Å². The number of piperazine rings is 1. The fraction of sp³-hybridized carbons (Fsp3) is 0.300. The van der Waals surface area contributed by atoms with Crippen LogP contribution in [0.2, 0.25) is 0 Å². The number of rotatable bonds is 4. The van der Waals surface area contributed by atoms with Gasteiger partial charge < -0.3 is 19.5 Å². The smallest absolute Gasteiger partial charge is 0.344 e. The number of carbonyl (C=O) groups excluding carboxylic acids is 2. The monoisotopic (exact) mass is 500 g/mol. The number of pyridine rings is 2. The number of aromatic nitrogens is 2. The first-order valence-electron chi connectivity index (χ1n) is 9.27. The van der Waals surface area contributed by atoms with E-state index in [2.05, 4.69) is 16.0 Å². The molecule has 1 saturated heterocycles. The summed E-state index contributed by atoms with van der Waals surface area (Å²) in [5.74, 6) is -0.678. The van der Waals surface area contributed by atoms with E-state index in [1.807, 2.05) is 22.4 Å². The van der Waals surface area contributed by atoms with Crippen molar-refractivity contribution in [3.05, 3.63) is 56.6 Å². The number of aromatic amines is 1. The first kappa shape index (κ1) is 22.6. The van der Waals surface area contributed by atoms with Gasteiger partial charge in [0.25, 0.3) is 11.5 Å². The molecule has 1 N–H and O–H groups in total. The van der Waals surface area contributed by atoms with Crippen LogP contribution in [0.3, 0.4) is 0 Å². The van der Waals surface area contributed by atoms with Crippen LogP contribution in [-0.4, -0.2) is 59.5 Å². The molecule has 3 aromatic rings. The molecule has 1 aliphatic rings. The molecule has 0 aromatic carbocycles. The van der Waals surface area contributed by atoms with Gasteiger partial charge in [-0.2, -0.15) is 0 Å². The summed E-state index contributed by atoms with van der Waals surface area (Å²) in [5.41, 5.74) is 0.282. The third-order valence-corrected chi connectivity index (χ3v) is 5.65. The van der Waals surface area contributed by atoms with Gasteiger partial charge >= 0.3 is 5.97 Å². The summed E-state index contributed by atoms with van der Waals surface area (Å²) in [6.45, 7) is 3.79. The Morgan fingerprint density at radius 1 is 1.30 bits per heavy atom. The zero-order chi connectivity index (χ0) is 20.4. The Kier molecular flexibility index (Phi) is 7.38. The molecule has 3 aromatic heterocycles. The summed E-state index contributed by atoms with van der Waals surface area (Å²) < 4.78 is 5.12. The predicted octanol–water partition coefficient (Wildman–Crippen LogP) is 1.92. The summed E-state index contributed by atoms with van der Waals surface area (Å²) in [6.07, 6.45) is 1.46. The van der Waals surface area contributed by atoms with Crippen LogP contribution in [0.25, 0.3) is 11.0 Å². The number of ether oxygens (including phenoxy) is 1. The molecular weight excluding hydrogens is 481 g/mol. The number of anilines is 1. The standard InChI is InChI=1S/C20H19N4O4S.Y/c1-2-28-20(27)15-16(13-5-3-7-21-17(13)22-18(15)25)23-8-10-24(11-9-23)19(26)14-6-4-12-29-14;/h4-7,12H,2,8-11H2,1H3,(H,21,22,25);/q-1;. The number of nitrogens with one attached hydrogen (secondary N) is 1. The molecule has 0 atom stereocenters. The fourth-order valence-electron chi connectivity index (χ4n) is 3.46. The summed E-state index contributed by atoms with van der Waals surface area (Å²) >= 11 is 1.41. The van der Waals surface area contributed by atoms with Crippen molar-refractivity contribution in [2.24, 2.45) is 0 Å². The third kappa shape index (κ3) is 4.33. The maximum Gasteiger partial charge on any atom is 0.344 e. The zero-order valence-electron chi connectivity index (χ0n) is 16.4. The molecule has 1 radical (unpaired) electrons. The van der Waals surface area contributed by atoms with Crippen molar-refractivity contribution in [3.8, 4) is 0 Å². The quantitative estimate of drug-likeness (QED) is 0.435. The molecule has 0 bridgehead atoms. The van der Waals surface area contributed by atoms with E-state index in [0.29, 0.717) is 47.8 Å². The molecule has 1 aliphatic heterocycles. The average Bonchev–Trinajstić information content (AvgIpc) is 3.27. The van der Waals surface area contributed by atoms with Crippen molar-refractivity contribution in [2.75, 3.05) is 37.7 Å². The van der Waals surface area contributed by atoms with Gasteiger partial charge in [0, 0.05) is 58.9 Å². The average molecular weight is 500 g/mol. The van der Waals surface area contributed by atoms with E-state index in [4.69, 9.17) is 4.74 Å². The largest absolute Gasteiger partial charge is 0.462 e. The van der Waals surface area contributed by atoms with Gasteiger partial charge in [-0.25, -0.2) is 16.9 Å². The molecule has 0 aliphatic carbocycles. The van der Waals surface area contributed by atoms with E-state index in [1.54, 1.807) is 17.9 Å². The first-order valence-corrected chi connectivity index (χ1v) is 10.1. The van der Waals surface area contributed by atoms with Crippen molar-refractivity contribution < 1.29 is 47.0 Å².